The van der Waals surface area contributed by atoms with E-state index >= 15 is 0 Å². The van der Waals surface area contributed by atoms with Crippen LogP contribution < -0.4 is 11.1 Å². The summed E-state index contributed by atoms with van der Waals surface area (Å²) in [5, 5.41) is 8.21. The molecule has 8 heteroatoms. The van der Waals surface area contributed by atoms with Crippen molar-refractivity contribution in [2.24, 2.45) is 5.73 Å². The fraction of sp³-hybridized carbons (Fsp3) is 0.292. The SMILES string of the molecule is Cc1cn(-c2cc(CN3CCCC(N)C3)cc(NC(=O)n3ncc4ccccc43)c2)cn1. The van der Waals surface area contributed by atoms with Crippen molar-refractivity contribution < 1.29 is 4.79 Å². The summed E-state index contributed by atoms with van der Waals surface area (Å²) < 4.78 is 3.37. The van der Waals surface area contributed by atoms with Gasteiger partial charge in [0.25, 0.3) is 0 Å². The van der Waals surface area contributed by atoms with Gasteiger partial charge < -0.3 is 15.6 Å². The number of nitrogens with one attached hydrogen (secondary N) is 1. The molecule has 8 nitrogen and oxygen atoms in total. The van der Waals surface area contributed by atoms with Crippen molar-refractivity contribution in [1.29, 1.82) is 0 Å². The minimum Gasteiger partial charge on any atom is -0.327 e. The van der Waals surface area contributed by atoms with E-state index in [9.17, 15) is 4.79 Å². The summed E-state index contributed by atoms with van der Waals surface area (Å²) in [6.07, 6.45) is 7.65. The molecule has 0 spiro atoms. The molecule has 1 saturated heterocycles. The zero-order chi connectivity index (χ0) is 22.1. The Morgan fingerprint density at radius 2 is 2.12 bits per heavy atom. The molecule has 4 aromatic rings. The third kappa shape index (κ3) is 4.28. The summed E-state index contributed by atoms with van der Waals surface area (Å²) in [4.78, 5) is 19.8. The normalized spacial score (nSPS) is 17.0. The summed E-state index contributed by atoms with van der Waals surface area (Å²) in [7, 11) is 0. The van der Waals surface area contributed by atoms with E-state index < -0.39 is 0 Å². The van der Waals surface area contributed by atoms with E-state index in [4.69, 9.17) is 5.73 Å². The molecule has 32 heavy (non-hydrogen) atoms. The number of likely N-dealkylation sites (tertiary alicyclic amines) is 1. The molecule has 3 N–H and O–H groups in total. The van der Waals surface area contributed by atoms with Crippen LogP contribution in [-0.2, 0) is 6.54 Å². The van der Waals surface area contributed by atoms with Crippen molar-refractivity contribution in [2.75, 3.05) is 18.4 Å². The molecule has 0 aliphatic carbocycles. The highest BCUT2D eigenvalue weighted by molar-refractivity contribution is 5.97. The van der Waals surface area contributed by atoms with Gasteiger partial charge in [-0.2, -0.15) is 9.78 Å². The number of aromatic nitrogens is 4. The van der Waals surface area contributed by atoms with Gasteiger partial charge in [0.2, 0.25) is 0 Å². The quantitative estimate of drug-likeness (QED) is 0.518. The Hall–Kier alpha value is -3.49. The maximum atomic E-state index is 13.0. The van der Waals surface area contributed by atoms with Gasteiger partial charge in [0.05, 0.1) is 23.7 Å². The van der Waals surface area contributed by atoms with Crippen molar-refractivity contribution >= 4 is 22.6 Å². The van der Waals surface area contributed by atoms with Crippen LogP contribution in [-0.4, -0.2) is 49.4 Å². The molecule has 1 aliphatic heterocycles. The van der Waals surface area contributed by atoms with Crippen LogP contribution in [0.15, 0.2) is 61.2 Å². The number of amides is 1. The number of piperidine rings is 1. The van der Waals surface area contributed by atoms with E-state index in [1.165, 1.54) is 4.68 Å². The molecule has 5 rings (SSSR count). The summed E-state index contributed by atoms with van der Waals surface area (Å²) in [5.41, 5.74) is 10.7. The number of aryl methyl sites for hydroxylation is 1. The van der Waals surface area contributed by atoms with Gasteiger partial charge in [-0.3, -0.25) is 4.90 Å². The van der Waals surface area contributed by atoms with Crippen LogP contribution in [0, 0.1) is 6.92 Å². The van der Waals surface area contributed by atoms with Gasteiger partial charge >= 0.3 is 6.03 Å². The number of fused-ring (bicyclic) bond motifs is 1. The molecule has 1 fully saturated rings. The molecule has 0 saturated carbocycles. The minimum atomic E-state index is -0.295. The number of anilines is 1. The molecule has 0 radical (unpaired) electrons. The maximum Gasteiger partial charge on any atom is 0.347 e. The summed E-state index contributed by atoms with van der Waals surface area (Å²) in [6.45, 7) is 4.65. The van der Waals surface area contributed by atoms with Crippen molar-refractivity contribution in [3.05, 3.63) is 72.4 Å². The van der Waals surface area contributed by atoms with Crippen LogP contribution in [0.3, 0.4) is 0 Å². The van der Waals surface area contributed by atoms with Crippen LogP contribution in [0.4, 0.5) is 10.5 Å². The van der Waals surface area contributed by atoms with Crippen LogP contribution >= 0.6 is 0 Å². The smallest absolute Gasteiger partial charge is 0.327 e. The van der Waals surface area contributed by atoms with Gasteiger partial charge in [-0.15, -0.1) is 0 Å². The second-order valence-electron chi connectivity index (χ2n) is 8.49. The van der Waals surface area contributed by atoms with E-state index in [1.54, 1.807) is 12.5 Å². The molecule has 164 valence electrons. The molecule has 1 unspecified atom stereocenters. The van der Waals surface area contributed by atoms with E-state index in [2.05, 4.69) is 26.4 Å². The number of imidazole rings is 1. The standard InChI is InChI=1S/C24H27N7O/c1-17-13-30(16-26-17)22-10-18(14-29-8-4-6-20(25)15-29)9-21(11-22)28-24(32)31-23-7-3-2-5-19(23)12-27-31/h2-3,5,7,9-13,16,20H,4,6,8,14-15,25H2,1H3,(H,28,32). The van der Waals surface area contributed by atoms with Gasteiger partial charge in [-0.05, 0) is 56.1 Å². The van der Waals surface area contributed by atoms with Gasteiger partial charge in [-0.1, -0.05) is 18.2 Å². The average molecular weight is 430 g/mol. The summed E-state index contributed by atoms with van der Waals surface area (Å²) in [6, 6.07) is 13.7. The molecule has 1 aliphatic rings. The first-order chi connectivity index (χ1) is 15.5. The first kappa shape index (κ1) is 20.4. The number of rotatable bonds is 4. The fourth-order valence-electron chi connectivity index (χ4n) is 4.35. The molecule has 0 bridgehead atoms. The number of carbonyl (C=O) groups excluding carboxylic acids is 1. The highest BCUT2D eigenvalue weighted by Gasteiger charge is 2.18. The highest BCUT2D eigenvalue weighted by atomic mass is 16.2. The lowest BCUT2D eigenvalue weighted by molar-refractivity contribution is 0.201. The third-order valence-corrected chi connectivity index (χ3v) is 5.86. The molecule has 2 aromatic heterocycles. The van der Waals surface area contributed by atoms with Gasteiger partial charge in [-0.25, -0.2) is 9.78 Å². The topological polar surface area (TPSA) is 94.0 Å². The number of nitrogens with zero attached hydrogens (tertiary/aromatic N) is 5. The first-order valence-electron chi connectivity index (χ1n) is 10.9. The second kappa shape index (κ2) is 8.57. The van der Waals surface area contributed by atoms with Crippen molar-refractivity contribution in [2.45, 2.75) is 32.4 Å². The van der Waals surface area contributed by atoms with Crippen LogP contribution in [0.1, 0.15) is 24.1 Å². The van der Waals surface area contributed by atoms with Crippen LogP contribution in [0.25, 0.3) is 16.6 Å². The number of nitrogens with two attached hydrogens (primary N) is 1. The lowest BCUT2D eigenvalue weighted by atomic mass is 10.1. The zero-order valence-corrected chi connectivity index (χ0v) is 18.1. The van der Waals surface area contributed by atoms with Crippen molar-refractivity contribution in [3.8, 4) is 5.69 Å². The van der Waals surface area contributed by atoms with Gasteiger partial charge in [0, 0.05) is 42.1 Å². The lowest BCUT2D eigenvalue weighted by Gasteiger charge is -2.30. The molecular formula is C24H27N7O. The monoisotopic (exact) mass is 429 g/mol. The molecule has 2 aromatic carbocycles. The molecule has 1 atom stereocenters. The van der Waals surface area contributed by atoms with E-state index in [1.807, 2.05) is 54.1 Å². The van der Waals surface area contributed by atoms with E-state index in [-0.39, 0.29) is 12.1 Å². The summed E-state index contributed by atoms with van der Waals surface area (Å²) in [5.74, 6) is 0. The Balaban J connectivity index is 1.45. The highest BCUT2D eigenvalue weighted by Crippen LogP contribution is 2.22. The summed E-state index contributed by atoms with van der Waals surface area (Å²) >= 11 is 0. The largest absolute Gasteiger partial charge is 0.347 e. The van der Waals surface area contributed by atoms with Crippen LogP contribution in [0.2, 0.25) is 0 Å². The lowest BCUT2D eigenvalue weighted by Crippen LogP contribution is -2.42. The first-order valence-corrected chi connectivity index (χ1v) is 10.9. The molecular weight excluding hydrogens is 402 g/mol. The Bertz CT molecular complexity index is 1260. The molecule has 3 heterocycles. The van der Waals surface area contributed by atoms with Crippen molar-refractivity contribution in [3.63, 3.8) is 0 Å². The molecule has 1 amide bonds. The van der Waals surface area contributed by atoms with Crippen molar-refractivity contribution in [1.82, 2.24) is 24.2 Å². The van der Waals surface area contributed by atoms with Crippen LogP contribution in [0.5, 0.6) is 0 Å². The number of para-hydroxylation sites is 1. The Labute approximate surface area is 186 Å². The fourth-order valence-corrected chi connectivity index (χ4v) is 4.35. The Kier molecular flexibility index (Phi) is 5.46. The van der Waals surface area contributed by atoms with Gasteiger partial charge in [0.1, 0.15) is 0 Å². The van der Waals surface area contributed by atoms with Gasteiger partial charge in [0.15, 0.2) is 0 Å². The maximum absolute atomic E-state index is 13.0. The average Bonchev–Trinajstić information content (AvgIpc) is 3.40. The van der Waals surface area contributed by atoms with E-state index in [0.717, 1.165) is 66.0 Å². The Morgan fingerprint density at radius 3 is 2.94 bits per heavy atom. The number of carbonyl (C=O) groups is 1. The minimum absolute atomic E-state index is 0.218. The third-order valence-electron chi connectivity index (χ3n) is 5.86. The Morgan fingerprint density at radius 1 is 1.25 bits per heavy atom. The number of hydrogen-bond acceptors (Lipinski definition) is 5. The number of benzene rings is 2. The number of hydrogen-bond donors (Lipinski definition) is 2. The predicted molar refractivity (Wildman–Crippen MR) is 125 cm³/mol. The predicted octanol–water partition coefficient (Wildman–Crippen LogP) is 3.53. The zero-order valence-electron chi connectivity index (χ0n) is 18.1. The van der Waals surface area contributed by atoms with E-state index in [0.29, 0.717) is 0 Å². The second-order valence-corrected chi connectivity index (χ2v) is 8.49.